The number of rotatable bonds is 11. The van der Waals surface area contributed by atoms with Gasteiger partial charge in [0.1, 0.15) is 6.61 Å². The molecule has 0 aliphatic rings. The van der Waals surface area contributed by atoms with Crippen molar-refractivity contribution in [2.45, 2.75) is 12.5 Å². The SMILES string of the molecule is C=C=C/C=C\C(CN(CC(c1ccccn1)c1ccccn1)OCc1ccccn1)=N/C. The van der Waals surface area contributed by atoms with Crippen molar-refractivity contribution in [2.24, 2.45) is 4.99 Å². The van der Waals surface area contributed by atoms with Crippen LogP contribution in [0.15, 0.2) is 109 Å². The quantitative estimate of drug-likeness (QED) is 0.197. The number of hydroxylamine groups is 2. The van der Waals surface area contributed by atoms with E-state index in [0.717, 1.165) is 22.8 Å². The van der Waals surface area contributed by atoms with Crippen LogP contribution in [0.2, 0.25) is 0 Å². The van der Waals surface area contributed by atoms with Gasteiger partial charge >= 0.3 is 0 Å². The van der Waals surface area contributed by atoms with E-state index in [-0.39, 0.29) is 5.92 Å². The fraction of sp³-hybridized carbons (Fsp3) is 0.192. The first-order valence-electron chi connectivity index (χ1n) is 10.4. The molecule has 3 aromatic rings. The van der Waals surface area contributed by atoms with Crippen LogP contribution in [0.3, 0.4) is 0 Å². The van der Waals surface area contributed by atoms with Gasteiger partial charge in [-0.25, -0.2) is 0 Å². The van der Waals surface area contributed by atoms with Crippen molar-refractivity contribution in [3.05, 3.63) is 121 Å². The summed E-state index contributed by atoms with van der Waals surface area (Å²) >= 11 is 0. The van der Waals surface area contributed by atoms with Crippen molar-refractivity contribution in [3.63, 3.8) is 0 Å². The molecule has 32 heavy (non-hydrogen) atoms. The fourth-order valence-electron chi connectivity index (χ4n) is 3.12. The van der Waals surface area contributed by atoms with Crippen LogP contribution in [0.5, 0.6) is 0 Å². The standard InChI is InChI=1S/C26H27N5O/c1-3-4-5-12-22(27-2)19-31(32-21-23-13-6-9-16-28-23)20-24(25-14-7-10-17-29-25)26-15-8-11-18-30-26/h4-18,24H,1,19-21H2,2H3/b12-5-,27-22+. The van der Waals surface area contributed by atoms with Gasteiger partial charge in [0.15, 0.2) is 0 Å². The van der Waals surface area contributed by atoms with Gasteiger partial charge in [0.05, 0.1) is 35.3 Å². The van der Waals surface area contributed by atoms with Gasteiger partial charge in [0, 0.05) is 32.2 Å². The van der Waals surface area contributed by atoms with Crippen LogP contribution < -0.4 is 0 Å². The smallest absolute Gasteiger partial charge is 0.111 e. The van der Waals surface area contributed by atoms with Crippen molar-refractivity contribution in [2.75, 3.05) is 20.1 Å². The Morgan fingerprint density at radius 2 is 1.69 bits per heavy atom. The third-order valence-electron chi connectivity index (χ3n) is 4.73. The molecule has 0 saturated heterocycles. The Morgan fingerprint density at radius 1 is 1.03 bits per heavy atom. The highest BCUT2D eigenvalue weighted by atomic mass is 16.7. The molecule has 6 heteroatoms. The molecule has 0 aromatic carbocycles. The minimum atomic E-state index is -0.0729. The van der Waals surface area contributed by atoms with E-state index in [9.17, 15) is 0 Å². The average molecular weight is 426 g/mol. The van der Waals surface area contributed by atoms with E-state index < -0.39 is 0 Å². The lowest BCUT2D eigenvalue weighted by Gasteiger charge is -2.26. The summed E-state index contributed by atoms with van der Waals surface area (Å²) in [6, 6.07) is 17.6. The number of nitrogens with zero attached hydrogens (tertiary/aromatic N) is 5. The third kappa shape index (κ3) is 7.22. The van der Waals surface area contributed by atoms with Crippen LogP contribution in [0, 0.1) is 0 Å². The monoisotopic (exact) mass is 425 g/mol. The van der Waals surface area contributed by atoms with Crippen LogP contribution in [0.25, 0.3) is 0 Å². The van der Waals surface area contributed by atoms with Gasteiger partial charge in [-0.15, -0.1) is 5.73 Å². The molecule has 0 bridgehead atoms. The summed E-state index contributed by atoms with van der Waals surface area (Å²) in [5, 5.41) is 1.90. The van der Waals surface area contributed by atoms with Crippen LogP contribution in [0.4, 0.5) is 0 Å². The summed E-state index contributed by atoms with van der Waals surface area (Å²) in [4.78, 5) is 24.1. The van der Waals surface area contributed by atoms with E-state index in [1.165, 1.54) is 0 Å². The van der Waals surface area contributed by atoms with E-state index in [1.807, 2.05) is 71.8 Å². The van der Waals surface area contributed by atoms with Crippen molar-refractivity contribution in [1.82, 2.24) is 20.0 Å². The second-order valence-corrected chi connectivity index (χ2v) is 6.92. The second-order valence-electron chi connectivity index (χ2n) is 6.92. The minimum absolute atomic E-state index is 0.0729. The number of hydrogen-bond acceptors (Lipinski definition) is 6. The number of allylic oxidation sites excluding steroid dienone is 2. The first-order valence-corrected chi connectivity index (χ1v) is 10.4. The lowest BCUT2D eigenvalue weighted by molar-refractivity contribution is -0.161. The van der Waals surface area contributed by atoms with Crippen LogP contribution >= 0.6 is 0 Å². The molecule has 3 rings (SSSR count). The van der Waals surface area contributed by atoms with Crippen LogP contribution in [-0.2, 0) is 11.4 Å². The van der Waals surface area contributed by atoms with Crippen molar-refractivity contribution in [3.8, 4) is 0 Å². The molecule has 0 unspecified atom stereocenters. The number of pyridine rings is 3. The zero-order chi connectivity index (χ0) is 22.4. The third-order valence-corrected chi connectivity index (χ3v) is 4.73. The Balaban J connectivity index is 1.86. The van der Waals surface area contributed by atoms with Gasteiger partial charge in [-0.05, 0) is 48.6 Å². The van der Waals surface area contributed by atoms with E-state index in [4.69, 9.17) is 4.84 Å². The van der Waals surface area contributed by atoms with Gasteiger partial charge in [0.25, 0.3) is 0 Å². The van der Waals surface area contributed by atoms with Gasteiger partial charge in [0.2, 0.25) is 0 Å². The molecule has 0 spiro atoms. The maximum atomic E-state index is 6.20. The first-order chi connectivity index (χ1) is 15.8. The Bertz CT molecular complexity index is 1010. The zero-order valence-corrected chi connectivity index (χ0v) is 18.2. The molecule has 0 aliphatic heterocycles. The molecular weight excluding hydrogens is 398 g/mol. The zero-order valence-electron chi connectivity index (χ0n) is 18.2. The van der Waals surface area contributed by atoms with Gasteiger partial charge < -0.3 is 0 Å². The largest absolute Gasteiger partial charge is 0.292 e. The predicted molar refractivity (Wildman–Crippen MR) is 127 cm³/mol. The summed E-state index contributed by atoms with van der Waals surface area (Å²) in [5.41, 5.74) is 6.30. The summed E-state index contributed by atoms with van der Waals surface area (Å²) in [6.07, 6.45) is 10.9. The Morgan fingerprint density at radius 3 is 2.22 bits per heavy atom. The topological polar surface area (TPSA) is 63.5 Å². The Labute approximate surface area is 189 Å². The lowest BCUT2D eigenvalue weighted by atomic mass is 9.99. The van der Waals surface area contributed by atoms with Gasteiger partial charge in [-0.2, -0.15) is 5.06 Å². The van der Waals surface area contributed by atoms with Crippen molar-refractivity contribution in [1.29, 1.82) is 0 Å². The summed E-state index contributed by atoms with van der Waals surface area (Å²) < 4.78 is 0. The summed E-state index contributed by atoms with van der Waals surface area (Å²) in [6.45, 7) is 4.97. The molecule has 0 saturated carbocycles. The molecule has 6 nitrogen and oxygen atoms in total. The van der Waals surface area contributed by atoms with E-state index >= 15 is 0 Å². The molecular formula is C26H27N5O. The number of hydrogen-bond donors (Lipinski definition) is 0. The Kier molecular flexibility index (Phi) is 9.24. The summed E-state index contributed by atoms with van der Waals surface area (Å²) in [7, 11) is 1.77. The maximum absolute atomic E-state index is 6.20. The highest BCUT2D eigenvalue weighted by molar-refractivity contribution is 5.96. The molecule has 3 heterocycles. The molecule has 162 valence electrons. The van der Waals surface area contributed by atoms with Crippen molar-refractivity contribution < 1.29 is 4.84 Å². The second kappa shape index (κ2) is 12.9. The highest BCUT2D eigenvalue weighted by Crippen LogP contribution is 2.23. The number of aromatic nitrogens is 3. The molecule has 0 N–H and O–H groups in total. The fourth-order valence-corrected chi connectivity index (χ4v) is 3.12. The highest BCUT2D eigenvalue weighted by Gasteiger charge is 2.22. The Hall–Kier alpha value is -3.70. The molecule has 0 radical (unpaired) electrons. The van der Waals surface area contributed by atoms with Crippen molar-refractivity contribution >= 4 is 5.71 Å². The van der Waals surface area contributed by atoms with E-state index in [2.05, 4.69) is 32.3 Å². The molecule has 0 fully saturated rings. The normalized spacial score (nSPS) is 11.8. The van der Waals surface area contributed by atoms with Gasteiger partial charge in [-0.3, -0.25) is 24.8 Å². The van der Waals surface area contributed by atoms with Gasteiger partial charge in [-0.1, -0.05) is 30.9 Å². The first kappa shape index (κ1) is 23.0. The minimum Gasteiger partial charge on any atom is -0.292 e. The van der Waals surface area contributed by atoms with E-state index in [1.54, 1.807) is 31.7 Å². The molecule has 3 aromatic heterocycles. The predicted octanol–water partition coefficient (Wildman–Crippen LogP) is 4.41. The van der Waals surface area contributed by atoms with E-state index in [0.29, 0.717) is 19.7 Å². The molecule has 0 aliphatic carbocycles. The number of aliphatic imine (C=N–C) groups is 1. The lowest BCUT2D eigenvalue weighted by Crippen LogP contribution is -2.34. The van der Waals surface area contributed by atoms with Crippen LogP contribution in [-0.4, -0.2) is 45.9 Å². The van der Waals surface area contributed by atoms with Crippen LogP contribution in [0.1, 0.15) is 23.0 Å². The maximum Gasteiger partial charge on any atom is 0.111 e. The average Bonchev–Trinajstić information content (AvgIpc) is 2.86. The molecule has 0 amide bonds. The summed E-state index contributed by atoms with van der Waals surface area (Å²) in [5.74, 6) is -0.0729. The molecule has 0 atom stereocenters.